The van der Waals surface area contributed by atoms with Crippen molar-refractivity contribution in [2.75, 3.05) is 25.4 Å². The molecule has 2 N–H and O–H groups in total. The summed E-state index contributed by atoms with van der Waals surface area (Å²) in [6.07, 6.45) is 0.815. The van der Waals surface area contributed by atoms with Crippen LogP contribution >= 0.6 is 0 Å². The summed E-state index contributed by atoms with van der Waals surface area (Å²) in [5.41, 5.74) is 5.12. The van der Waals surface area contributed by atoms with Gasteiger partial charge in [0.25, 0.3) is 0 Å². The summed E-state index contributed by atoms with van der Waals surface area (Å²) in [6, 6.07) is 0. The Morgan fingerprint density at radius 1 is 1.33 bits per heavy atom. The molecule has 0 spiro atoms. The van der Waals surface area contributed by atoms with Gasteiger partial charge in [-0.3, -0.25) is 0 Å². The molecule has 0 atom stereocenters. The zero-order chi connectivity index (χ0) is 14.4. The fourth-order valence-electron chi connectivity index (χ4n) is 1.62. The third-order valence-electron chi connectivity index (χ3n) is 2.73. The largest absolute Gasteiger partial charge is 0.378 e. The van der Waals surface area contributed by atoms with Crippen molar-refractivity contribution in [2.24, 2.45) is 5.73 Å². The van der Waals surface area contributed by atoms with Crippen LogP contribution in [0.15, 0.2) is 0 Å². The third kappa shape index (κ3) is 5.65. The minimum atomic E-state index is -3.32. The summed E-state index contributed by atoms with van der Waals surface area (Å²) < 4.78 is 31.4. The maximum Gasteiger partial charge on any atom is 0.216 e. The summed E-state index contributed by atoms with van der Waals surface area (Å²) in [5.74, 6) is 0.00854. The smallest absolute Gasteiger partial charge is 0.216 e. The number of ether oxygens (including phenoxy) is 1. The predicted molar refractivity (Wildman–Crippen MR) is 75.0 cm³/mol. The molecule has 0 fully saturated rings. The van der Waals surface area contributed by atoms with Gasteiger partial charge in [0.15, 0.2) is 0 Å². The molecule has 0 aromatic heterocycles. The molecular weight excluding hydrogens is 252 g/mol. The third-order valence-corrected chi connectivity index (χ3v) is 4.76. The minimum Gasteiger partial charge on any atom is -0.378 e. The highest BCUT2D eigenvalue weighted by molar-refractivity contribution is 7.89. The average molecular weight is 280 g/mol. The van der Waals surface area contributed by atoms with Gasteiger partial charge in [0, 0.05) is 18.6 Å². The van der Waals surface area contributed by atoms with Crippen molar-refractivity contribution in [3.05, 3.63) is 0 Å². The Hall–Kier alpha value is -0.170. The van der Waals surface area contributed by atoms with Crippen molar-refractivity contribution in [3.8, 4) is 0 Å². The number of nitrogens with two attached hydrogens (primary N) is 1. The van der Waals surface area contributed by atoms with Gasteiger partial charge in [-0.1, -0.05) is 6.92 Å². The Balaban J connectivity index is 4.78. The molecule has 5 nitrogen and oxygen atoms in total. The summed E-state index contributed by atoms with van der Waals surface area (Å²) in [5, 5.41) is 0. The Morgan fingerprint density at radius 2 is 1.89 bits per heavy atom. The molecule has 0 aliphatic rings. The van der Waals surface area contributed by atoms with Crippen molar-refractivity contribution in [3.63, 3.8) is 0 Å². The van der Waals surface area contributed by atoms with E-state index < -0.39 is 15.6 Å². The molecule has 0 radical (unpaired) electrons. The fraction of sp³-hybridized carbons (Fsp3) is 1.00. The molecular formula is C12H28N2O3S. The first-order valence-electron chi connectivity index (χ1n) is 6.49. The molecule has 6 heteroatoms. The SMILES string of the molecule is CCCN(C(C)(C)CN)S(=O)(=O)CCOC(C)C. The first kappa shape index (κ1) is 17.8. The minimum absolute atomic E-state index is 0.00854. The van der Waals surface area contributed by atoms with Crippen LogP contribution in [0.5, 0.6) is 0 Å². The number of sulfonamides is 1. The molecule has 0 aromatic carbocycles. The Morgan fingerprint density at radius 3 is 2.28 bits per heavy atom. The van der Waals surface area contributed by atoms with Crippen LogP contribution in [0.1, 0.15) is 41.0 Å². The lowest BCUT2D eigenvalue weighted by Crippen LogP contribution is -2.53. The summed E-state index contributed by atoms with van der Waals surface area (Å²) in [4.78, 5) is 0. The highest BCUT2D eigenvalue weighted by Gasteiger charge is 2.34. The van der Waals surface area contributed by atoms with E-state index in [1.165, 1.54) is 4.31 Å². The van der Waals surface area contributed by atoms with Gasteiger partial charge in [0.2, 0.25) is 10.0 Å². The molecule has 0 aliphatic carbocycles. The molecule has 0 unspecified atom stereocenters. The predicted octanol–water partition coefficient (Wildman–Crippen LogP) is 1.19. The second-order valence-electron chi connectivity index (χ2n) is 5.32. The van der Waals surface area contributed by atoms with Gasteiger partial charge < -0.3 is 10.5 Å². The van der Waals surface area contributed by atoms with E-state index in [2.05, 4.69) is 0 Å². The van der Waals surface area contributed by atoms with Crippen LogP contribution in [-0.4, -0.2) is 49.8 Å². The van der Waals surface area contributed by atoms with Crippen LogP contribution in [0.3, 0.4) is 0 Å². The molecule has 0 amide bonds. The standard InChI is InChI=1S/C12H28N2O3S/c1-6-7-14(12(4,5)10-13)18(15,16)9-8-17-11(2)3/h11H,6-10,13H2,1-5H3. The second-order valence-corrected chi connectivity index (χ2v) is 7.34. The highest BCUT2D eigenvalue weighted by atomic mass is 32.2. The van der Waals surface area contributed by atoms with Gasteiger partial charge in [-0.25, -0.2) is 8.42 Å². The van der Waals surface area contributed by atoms with Gasteiger partial charge in [0.05, 0.1) is 18.5 Å². The molecule has 0 saturated carbocycles. The molecule has 0 rings (SSSR count). The zero-order valence-electron chi connectivity index (χ0n) is 12.3. The van der Waals surface area contributed by atoms with Gasteiger partial charge in [-0.05, 0) is 34.1 Å². The fourth-order valence-corrected chi connectivity index (χ4v) is 3.44. The van der Waals surface area contributed by atoms with Gasteiger partial charge in [-0.15, -0.1) is 0 Å². The first-order valence-corrected chi connectivity index (χ1v) is 8.10. The van der Waals surface area contributed by atoms with Crippen LogP contribution in [0, 0.1) is 0 Å². The van der Waals surface area contributed by atoms with E-state index in [0.29, 0.717) is 13.1 Å². The van der Waals surface area contributed by atoms with Crippen molar-refractivity contribution < 1.29 is 13.2 Å². The summed E-state index contributed by atoms with van der Waals surface area (Å²) >= 11 is 0. The van der Waals surface area contributed by atoms with E-state index in [-0.39, 0.29) is 18.5 Å². The van der Waals surface area contributed by atoms with Crippen molar-refractivity contribution in [1.82, 2.24) is 4.31 Å². The lowest BCUT2D eigenvalue weighted by atomic mass is 10.1. The van der Waals surface area contributed by atoms with Gasteiger partial charge in [-0.2, -0.15) is 4.31 Å². The van der Waals surface area contributed by atoms with E-state index >= 15 is 0 Å². The zero-order valence-corrected chi connectivity index (χ0v) is 13.1. The summed E-state index contributed by atoms with van der Waals surface area (Å²) in [6.45, 7) is 10.5. The van der Waals surface area contributed by atoms with Crippen LogP contribution in [0.25, 0.3) is 0 Å². The molecule has 0 aliphatic heterocycles. The van der Waals surface area contributed by atoms with Crippen LogP contribution in [-0.2, 0) is 14.8 Å². The average Bonchev–Trinajstić information content (AvgIpc) is 2.24. The quantitative estimate of drug-likeness (QED) is 0.688. The Labute approximate surface area is 112 Å². The van der Waals surface area contributed by atoms with E-state index in [1.807, 2.05) is 34.6 Å². The molecule has 0 aromatic rings. The molecule has 0 bridgehead atoms. The van der Waals surface area contributed by atoms with E-state index in [9.17, 15) is 8.42 Å². The van der Waals surface area contributed by atoms with Gasteiger partial charge >= 0.3 is 0 Å². The molecule has 110 valence electrons. The Kier molecular flexibility index (Phi) is 7.36. The summed E-state index contributed by atoms with van der Waals surface area (Å²) in [7, 11) is -3.32. The van der Waals surface area contributed by atoms with Crippen molar-refractivity contribution in [2.45, 2.75) is 52.7 Å². The first-order chi connectivity index (χ1) is 8.17. The van der Waals surface area contributed by atoms with E-state index in [0.717, 1.165) is 6.42 Å². The lowest BCUT2D eigenvalue weighted by Gasteiger charge is -2.36. The van der Waals surface area contributed by atoms with E-state index in [1.54, 1.807) is 0 Å². The lowest BCUT2D eigenvalue weighted by molar-refractivity contribution is 0.0900. The van der Waals surface area contributed by atoms with E-state index in [4.69, 9.17) is 10.5 Å². The number of nitrogens with zero attached hydrogens (tertiary/aromatic N) is 1. The topological polar surface area (TPSA) is 72.6 Å². The van der Waals surface area contributed by atoms with Crippen molar-refractivity contribution >= 4 is 10.0 Å². The highest BCUT2D eigenvalue weighted by Crippen LogP contribution is 2.18. The normalized spacial score (nSPS) is 13.6. The molecule has 0 saturated heterocycles. The van der Waals surface area contributed by atoms with Crippen LogP contribution in [0.4, 0.5) is 0 Å². The van der Waals surface area contributed by atoms with Gasteiger partial charge in [0.1, 0.15) is 0 Å². The monoisotopic (exact) mass is 280 g/mol. The Bertz CT molecular complexity index is 326. The second kappa shape index (κ2) is 7.43. The molecule has 18 heavy (non-hydrogen) atoms. The maximum atomic E-state index is 12.3. The molecule has 0 heterocycles. The maximum absolute atomic E-state index is 12.3. The number of hydrogen-bond donors (Lipinski definition) is 1. The van der Waals surface area contributed by atoms with Crippen molar-refractivity contribution in [1.29, 1.82) is 0 Å². The van der Waals surface area contributed by atoms with Crippen LogP contribution in [0.2, 0.25) is 0 Å². The number of rotatable bonds is 9. The number of hydrogen-bond acceptors (Lipinski definition) is 4. The van der Waals surface area contributed by atoms with Crippen LogP contribution < -0.4 is 5.73 Å².